The zero-order valence-corrected chi connectivity index (χ0v) is 26.8. The number of likely N-dealkylation sites (tertiary alicyclic amines) is 1. The van der Waals surface area contributed by atoms with Crippen molar-refractivity contribution in [3.63, 3.8) is 0 Å². The van der Waals surface area contributed by atoms with E-state index < -0.39 is 41.2 Å². The van der Waals surface area contributed by atoms with Gasteiger partial charge in [-0.2, -0.15) is 0 Å². The third kappa shape index (κ3) is 7.22. The number of hydrogen-bond acceptors (Lipinski definition) is 6. The Hall–Kier alpha value is -3.54. The number of unbranched alkanes of at least 4 members (excludes halogenated alkanes) is 1. The minimum absolute atomic E-state index is 0.0360. The van der Waals surface area contributed by atoms with Crippen LogP contribution in [-0.2, 0) is 16.0 Å². The number of nitrogens with zero attached hydrogens (tertiary/aromatic N) is 6. The topological polar surface area (TPSA) is 121 Å². The molecule has 2 aromatic rings. The van der Waals surface area contributed by atoms with E-state index in [1.165, 1.54) is 15.6 Å². The second kappa shape index (κ2) is 14.0. The van der Waals surface area contributed by atoms with Gasteiger partial charge in [-0.25, -0.2) is 13.9 Å². The maximum Gasteiger partial charge on any atom is 0.407 e. The highest BCUT2D eigenvalue weighted by Gasteiger charge is 2.50. The number of halogens is 1. The van der Waals surface area contributed by atoms with Gasteiger partial charge in [0.15, 0.2) is 5.69 Å². The second-order valence-electron chi connectivity index (χ2n) is 13.4. The minimum Gasteiger partial charge on any atom is -0.465 e. The molecule has 0 bridgehead atoms. The van der Waals surface area contributed by atoms with Crippen LogP contribution in [-0.4, -0.2) is 104 Å². The zero-order chi connectivity index (χ0) is 32.2. The van der Waals surface area contributed by atoms with Crippen LogP contribution < -0.4 is 0 Å². The molecule has 3 atom stereocenters. The molecule has 44 heavy (non-hydrogen) atoms. The van der Waals surface area contributed by atoms with Crippen LogP contribution in [0.5, 0.6) is 0 Å². The molecule has 0 radical (unpaired) electrons. The molecule has 2 fully saturated rings. The average Bonchev–Trinajstić information content (AvgIpc) is 3.41. The average molecular weight is 615 g/mol. The van der Waals surface area contributed by atoms with Crippen molar-refractivity contribution in [2.45, 2.75) is 79.3 Å². The summed E-state index contributed by atoms with van der Waals surface area (Å²) in [7, 11) is 0. The Kier molecular flexibility index (Phi) is 10.6. The molecular weight excluding hydrogens is 567 g/mol. The van der Waals surface area contributed by atoms with E-state index in [0.29, 0.717) is 51.4 Å². The van der Waals surface area contributed by atoms with E-state index >= 15 is 0 Å². The Morgan fingerprint density at radius 2 is 1.84 bits per heavy atom. The van der Waals surface area contributed by atoms with E-state index in [1.807, 2.05) is 41.5 Å². The molecule has 2 aliphatic heterocycles. The lowest BCUT2D eigenvalue weighted by atomic mass is 9.74. The number of carbonyl (C=O) groups is 3. The van der Waals surface area contributed by atoms with E-state index in [9.17, 15) is 23.9 Å². The van der Waals surface area contributed by atoms with Gasteiger partial charge in [-0.1, -0.05) is 65.3 Å². The highest BCUT2D eigenvalue weighted by Crippen LogP contribution is 2.38. The Morgan fingerprint density at radius 1 is 1.16 bits per heavy atom. The van der Waals surface area contributed by atoms with Crippen molar-refractivity contribution < 1.29 is 28.6 Å². The number of carbonyl (C=O) groups excluding carboxylic acids is 2. The molecule has 1 aromatic heterocycles. The summed E-state index contributed by atoms with van der Waals surface area (Å²) in [4.78, 5) is 46.0. The van der Waals surface area contributed by atoms with Crippen LogP contribution in [0.1, 0.15) is 77.0 Å². The van der Waals surface area contributed by atoms with Gasteiger partial charge in [0.05, 0.1) is 36.9 Å². The van der Waals surface area contributed by atoms with Gasteiger partial charge < -0.3 is 24.5 Å². The number of morpholine rings is 1. The van der Waals surface area contributed by atoms with Crippen LogP contribution in [0.25, 0.3) is 5.69 Å². The number of benzene rings is 1. The molecule has 2 aliphatic rings. The van der Waals surface area contributed by atoms with Crippen LogP contribution in [0.15, 0.2) is 24.3 Å². The lowest BCUT2D eigenvalue weighted by Crippen LogP contribution is -2.66. The predicted octanol–water partition coefficient (Wildman–Crippen LogP) is 4.49. The van der Waals surface area contributed by atoms with Gasteiger partial charge in [0.25, 0.3) is 5.91 Å². The summed E-state index contributed by atoms with van der Waals surface area (Å²) < 4.78 is 21.7. The van der Waals surface area contributed by atoms with Crippen LogP contribution >= 0.6 is 0 Å². The lowest BCUT2D eigenvalue weighted by molar-refractivity contribution is -0.144. The van der Waals surface area contributed by atoms with Crippen molar-refractivity contribution in [3.05, 3.63) is 41.5 Å². The first-order chi connectivity index (χ1) is 20.8. The Labute approximate surface area is 259 Å². The summed E-state index contributed by atoms with van der Waals surface area (Å²) in [6.45, 7) is 14.1. The standard InChI is InChI=1S/C32H47FN6O5/c1-7-8-12-25-27(34-35-39(25)24-13-10-9-11-23(24)33)30(41)37(19-21(2)3)26-18-22(29(40)36-14-16-44-17-15-36)20-38(31(42)43)28(26)32(4,5)6/h9-11,13,21-22,26,28H,7-8,12,14-20H2,1-6H3,(H,42,43)/t22-,26+,28?/m1/s1. The summed E-state index contributed by atoms with van der Waals surface area (Å²) in [5.41, 5.74) is 0.286. The van der Waals surface area contributed by atoms with Gasteiger partial charge in [0.1, 0.15) is 11.5 Å². The molecule has 12 heteroatoms. The largest absolute Gasteiger partial charge is 0.465 e. The fraction of sp³-hybridized carbons (Fsp3) is 0.656. The number of para-hydroxylation sites is 1. The number of rotatable bonds is 9. The Balaban J connectivity index is 1.81. The van der Waals surface area contributed by atoms with Crippen LogP contribution in [0.2, 0.25) is 0 Å². The maximum atomic E-state index is 14.9. The van der Waals surface area contributed by atoms with E-state index in [4.69, 9.17) is 4.74 Å². The molecule has 0 spiro atoms. The molecule has 3 amide bonds. The highest BCUT2D eigenvalue weighted by molar-refractivity contribution is 5.94. The zero-order valence-electron chi connectivity index (χ0n) is 26.8. The third-order valence-electron chi connectivity index (χ3n) is 8.48. The molecule has 242 valence electrons. The van der Waals surface area contributed by atoms with Gasteiger partial charge in [-0.05, 0) is 42.7 Å². The number of hydrogen-bond donors (Lipinski definition) is 1. The molecule has 3 heterocycles. The fourth-order valence-corrected chi connectivity index (χ4v) is 6.57. The van der Waals surface area contributed by atoms with Gasteiger partial charge in [-0.15, -0.1) is 5.10 Å². The monoisotopic (exact) mass is 614 g/mol. The van der Waals surface area contributed by atoms with E-state index in [0.717, 1.165) is 12.8 Å². The van der Waals surface area contributed by atoms with Gasteiger partial charge >= 0.3 is 6.09 Å². The van der Waals surface area contributed by atoms with Crippen molar-refractivity contribution >= 4 is 17.9 Å². The smallest absolute Gasteiger partial charge is 0.407 e. The van der Waals surface area contributed by atoms with Crippen LogP contribution in [0, 0.1) is 23.1 Å². The number of aromatic nitrogens is 3. The van der Waals surface area contributed by atoms with Crippen molar-refractivity contribution in [2.24, 2.45) is 17.3 Å². The normalized spacial score (nSPS) is 21.0. The first-order valence-electron chi connectivity index (χ1n) is 15.7. The summed E-state index contributed by atoms with van der Waals surface area (Å²) in [5.74, 6) is -1.58. The Morgan fingerprint density at radius 3 is 2.43 bits per heavy atom. The first kappa shape index (κ1) is 33.4. The molecule has 1 N–H and O–H groups in total. The van der Waals surface area contributed by atoms with Gasteiger partial charge in [0.2, 0.25) is 5.91 Å². The van der Waals surface area contributed by atoms with Gasteiger partial charge in [-0.3, -0.25) is 9.59 Å². The lowest BCUT2D eigenvalue weighted by Gasteiger charge is -2.52. The number of amides is 3. The molecule has 0 saturated carbocycles. The molecular formula is C32H47FN6O5. The second-order valence-corrected chi connectivity index (χ2v) is 13.4. The van der Waals surface area contributed by atoms with E-state index in [1.54, 1.807) is 28.0 Å². The highest BCUT2D eigenvalue weighted by atomic mass is 19.1. The van der Waals surface area contributed by atoms with Crippen LogP contribution in [0.4, 0.5) is 9.18 Å². The van der Waals surface area contributed by atoms with Gasteiger partial charge in [0, 0.05) is 26.2 Å². The third-order valence-corrected chi connectivity index (χ3v) is 8.48. The summed E-state index contributed by atoms with van der Waals surface area (Å²) in [6.07, 6.45) is 1.23. The summed E-state index contributed by atoms with van der Waals surface area (Å²) >= 11 is 0. The Bertz CT molecular complexity index is 1320. The minimum atomic E-state index is -1.12. The van der Waals surface area contributed by atoms with Crippen LogP contribution in [0.3, 0.4) is 0 Å². The summed E-state index contributed by atoms with van der Waals surface area (Å²) in [5, 5.41) is 19.0. The first-order valence-corrected chi connectivity index (χ1v) is 15.7. The quantitative estimate of drug-likeness (QED) is 0.442. The molecule has 4 rings (SSSR count). The van der Waals surface area contributed by atoms with Crippen molar-refractivity contribution in [3.8, 4) is 5.69 Å². The SMILES string of the molecule is CCCCc1c(C(=O)N(CC(C)C)[C@H]2C[C@@H](C(=O)N3CCOCC3)CN(C(=O)O)C2C(C)(C)C)nnn1-c1ccccc1F. The maximum absolute atomic E-state index is 14.9. The molecule has 0 aliphatic carbocycles. The molecule has 2 saturated heterocycles. The van der Waals surface area contributed by atoms with Crippen molar-refractivity contribution in [1.82, 2.24) is 29.7 Å². The van der Waals surface area contributed by atoms with E-state index in [-0.39, 0.29) is 29.8 Å². The van der Waals surface area contributed by atoms with Crippen molar-refractivity contribution in [2.75, 3.05) is 39.4 Å². The molecule has 1 aromatic carbocycles. The predicted molar refractivity (Wildman–Crippen MR) is 163 cm³/mol. The van der Waals surface area contributed by atoms with Crippen molar-refractivity contribution in [1.29, 1.82) is 0 Å². The fourth-order valence-electron chi connectivity index (χ4n) is 6.57. The molecule has 1 unspecified atom stereocenters. The number of carboxylic acid groups (broad SMARTS) is 1. The summed E-state index contributed by atoms with van der Waals surface area (Å²) in [6, 6.07) is 5.05. The molecule has 11 nitrogen and oxygen atoms in total. The number of ether oxygens (including phenoxy) is 1. The van der Waals surface area contributed by atoms with E-state index in [2.05, 4.69) is 10.3 Å². The number of piperidine rings is 1.